The lowest BCUT2D eigenvalue weighted by atomic mass is 9.89. The molecule has 5 nitrogen and oxygen atoms in total. The summed E-state index contributed by atoms with van der Waals surface area (Å²) < 4.78 is 11.3. The Kier molecular flexibility index (Phi) is 7.16. The zero-order valence-corrected chi connectivity index (χ0v) is 20.2. The molecule has 3 aromatic carbocycles. The topological polar surface area (TPSA) is 63.3 Å². The maximum Gasteiger partial charge on any atom is 0.252 e. The Hall–Kier alpha value is -3.09. The van der Waals surface area contributed by atoms with Gasteiger partial charge in [0, 0.05) is 40.0 Å². The third-order valence-electron chi connectivity index (χ3n) is 5.69. The van der Waals surface area contributed by atoms with Gasteiger partial charge in [-0.25, -0.2) is 0 Å². The zero-order valence-electron chi connectivity index (χ0n) is 18.6. The van der Waals surface area contributed by atoms with Crippen LogP contribution in [0.2, 0.25) is 5.02 Å². The molecule has 0 saturated carbocycles. The van der Waals surface area contributed by atoms with Gasteiger partial charge < -0.3 is 19.8 Å². The highest BCUT2D eigenvalue weighted by Crippen LogP contribution is 2.40. The van der Waals surface area contributed by atoms with Crippen LogP contribution >= 0.6 is 23.4 Å². The molecule has 1 amide bonds. The van der Waals surface area contributed by atoms with Crippen molar-refractivity contribution >= 4 is 40.2 Å². The van der Waals surface area contributed by atoms with Crippen LogP contribution in [0.15, 0.2) is 71.8 Å². The third kappa shape index (κ3) is 4.68. The van der Waals surface area contributed by atoms with Crippen molar-refractivity contribution in [2.75, 3.05) is 27.0 Å². The number of rotatable bonds is 8. The Morgan fingerprint density at radius 2 is 1.88 bits per heavy atom. The molecular formula is C26H25ClN2O3S. The fourth-order valence-electron chi connectivity index (χ4n) is 4.05. The van der Waals surface area contributed by atoms with Gasteiger partial charge in [-0.1, -0.05) is 41.9 Å². The number of hydrogen-bond donors (Lipinski definition) is 2. The smallest absolute Gasteiger partial charge is 0.252 e. The van der Waals surface area contributed by atoms with E-state index in [1.807, 2.05) is 61.0 Å². The molecule has 4 aromatic rings. The van der Waals surface area contributed by atoms with E-state index in [1.54, 1.807) is 32.0 Å². The van der Waals surface area contributed by atoms with E-state index in [4.69, 9.17) is 21.1 Å². The molecule has 0 spiro atoms. The van der Waals surface area contributed by atoms with Crippen molar-refractivity contribution < 1.29 is 14.3 Å². The minimum atomic E-state index is -0.220. The van der Waals surface area contributed by atoms with Crippen LogP contribution in [0.25, 0.3) is 10.9 Å². The number of H-pyrrole nitrogens is 1. The maximum atomic E-state index is 13.1. The number of thioether (sulfide) groups is 1. The summed E-state index contributed by atoms with van der Waals surface area (Å²) in [5, 5.41) is 4.60. The van der Waals surface area contributed by atoms with Gasteiger partial charge in [0.1, 0.15) is 0 Å². The van der Waals surface area contributed by atoms with Crippen LogP contribution in [-0.2, 0) is 0 Å². The predicted octanol–water partition coefficient (Wildman–Crippen LogP) is 6.12. The summed E-state index contributed by atoms with van der Waals surface area (Å²) in [5.41, 5.74) is 3.47. The molecule has 1 heterocycles. The maximum absolute atomic E-state index is 13.1. The Labute approximate surface area is 202 Å². The first-order chi connectivity index (χ1) is 16.1. The molecule has 2 N–H and O–H groups in total. The van der Waals surface area contributed by atoms with Gasteiger partial charge in [-0.2, -0.15) is 0 Å². The van der Waals surface area contributed by atoms with Crippen LogP contribution in [0.1, 0.15) is 27.4 Å². The van der Waals surface area contributed by atoms with E-state index < -0.39 is 0 Å². The van der Waals surface area contributed by atoms with Crippen LogP contribution in [0.4, 0.5) is 0 Å². The van der Waals surface area contributed by atoms with Crippen LogP contribution < -0.4 is 14.8 Å². The Balaban J connectivity index is 1.74. The van der Waals surface area contributed by atoms with Crippen molar-refractivity contribution in [1.82, 2.24) is 10.3 Å². The largest absolute Gasteiger partial charge is 0.493 e. The number of nitrogens with one attached hydrogen (secondary N) is 2. The summed E-state index contributed by atoms with van der Waals surface area (Å²) in [4.78, 5) is 17.4. The molecule has 0 aliphatic rings. The molecule has 0 radical (unpaired) electrons. The van der Waals surface area contributed by atoms with Crippen molar-refractivity contribution in [3.8, 4) is 11.5 Å². The number of hydrogen-bond acceptors (Lipinski definition) is 4. The lowest BCUT2D eigenvalue weighted by Gasteiger charge is -2.22. The Morgan fingerprint density at radius 1 is 1.06 bits per heavy atom. The van der Waals surface area contributed by atoms with E-state index in [0.29, 0.717) is 28.6 Å². The number of halogens is 1. The highest BCUT2D eigenvalue weighted by molar-refractivity contribution is 7.98. The van der Waals surface area contributed by atoms with E-state index >= 15 is 0 Å². The summed E-state index contributed by atoms with van der Waals surface area (Å²) in [6.45, 7) is 0.351. The number of amides is 1. The van der Waals surface area contributed by atoms with Gasteiger partial charge in [0.15, 0.2) is 11.5 Å². The second kappa shape index (κ2) is 10.2. The molecule has 1 unspecified atom stereocenters. The molecule has 7 heteroatoms. The molecule has 170 valence electrons. The third-order valence-corrected chi connectivity index (χ3v) is 6.75. The SMILES string of the molecule is COc1cccc(C(CNC(=O)c2cc(SC)ccc2Cl)c2c[nH]c3ccccc23)c1OC. The van der Waals surface area contributed by atoms with Gasteiger partial charge in [-0.3, -0.25) is 4.79 Å². The quantitative estimate of drug-likeness (QED) is 0.298. The van der Waals surface area contributed by atoms with E-state index in [2.05, 4.69) is 16.4 Å². The second-order valence-electron chi connectivity index (χ2n) is 7.48. The van der Waals surface area contributed by atoms with E-state index in [0.717, 1.165) is 26.9 Å². The number of carbonyl (C=O) groups is 1. The van der Waals surface area contributed by atoms with E-state index in [-0.39, 0.29) is 11.8 Å². The minimum absolute atomic E-state index is 0.183. The Morgan fingerprint density at radius 3 is 2.64 bits per heavy atom. The normalized spacial score (nSPS) is 11.9. The zero-order chi connectivity index (χ0) is 23.4. The molecule has 1 atom stereocenters. The molecular weight excluding hydrogens is 456 g/mol. The van der Waals surface area contributed by atoms with Gasteiger partial charge in [-0.15, -0.1) is 11.8 Å². The predicted molar refractivity (Wildman–Crippen MR) is 135 cm³/mol. The van der Waals surface area contributed by atoms with E-state index in [9.17, 15) is 4.79 Å². The first-order valence-electron chi connectivity index (χ1n) is 10.5. The van der Waals surface area contributed by atoms with Crippen molar-refractivity contribution in [3.63, 3.8) is 0 Å². The number of aromatic amines is 1. The van der Waals surface area contributed by atoms with Crippen molar-refractivity contribution in [2.24, 2.45) is 0 Å². The average Bonchev–Trinajstić information content (AvgIpc) is 3.28. The number of benzene rings is 3. The highest BCUT2D eigenvalue weighted by atomic mass is 35.5. The first-order valence-corrected chi connectivity index (χ1v) is 12.1. The molecule has 33 heavy (non-hydrogen) atoms. The molecule has 0 saturated heterocycles. The summed E-state index contributed by atoms with van der Waals surface area (Å²) in [6, 6.07) is 19.4. The molecule has 4 rings (SSSR count). The number of para-hydroxylation sites is 2. The number of carbonyl (C=O) groups excluding carboxylic acids is 1. The molecule has 0 bridgehead atoms. The van der Waals surface area contributed by atoms with Crippen molar-refractivity contribution in [3.05, 3.63) is 88.6 Å². The van der Waals surface area contributed by atoms with Crippen LogP contribution in [-0.4, -0.2) is 37.9 Å². The van der Waals surface area contributed by atoms with E-state index in [1.165, 1.54) is 0 Å². The number of methoxy groups -OCH3 is 2. The molecule has 0 fully saturated rings. The monoisotopic (exact) mass is 480 g/mol. The van der Waals surface area contributed by atoms with Crippen LogP contribution in [0.3, 0.4) is 0 Å². The van der Waals surface area contributed by atoms with Gasteiger partial charge in [0.05, 0.1) is 24.8 Å². The average molecular weight is 481 g/mol. The number of ether oxygens (including phenoxy) is 2. The minimum Gasteiger partial charge on any atom is -0.493 e. The lowest BCUT2D eigenvalue weighted by molar-refractivity contribution is 0.0952. The lowest BCUT2D eigenvalue weighted by Crippen LogP contribution is -2.29. The van der Waals surface area contributed by atoms with Crippen LogP contribution in [0, 0.1) is 0 Å². The first kappa shape index (κ1) is 23.1. The van der Waals surface area contributed by atoms with Crippen LogP contribution in [0.5, 0.6) is 11.5 Å². The van der Waals surface area contributed by atoms with Crippen molar-refractivity contribution in [1.29, 1.82) is 0 Å². The summed E-state index contributed by atoms with van der Waals surface area (Å²) in [7, 11) is 3.24. The van der Waals surface area contributed by atoms with Crippen molar-refractivity contribution in [2.45, 2.75) is 10.8 Å². The summed E-state index contributed by atoms with van der Waals surface area (Å²) >= 11 is 7.90. The number of aromatic nitrogens is 1. The Bertz CT molecular complexity index is 1290. The molecule has 1 aromatic heterocycles. The van der Waals surface area contributed by atoms with Gasteiger partial charge >= 0.3 is 0 Å². The molecule has 0 aliphatic carbocycles. The number of fused-ring (bicyclic) bond motifs is 1. The fraction of sp³-hybridized carbons (Fsp3) is 0.192. The van der Waals surface area contributed by atoms with Gasteiger partial charge in [-0.05, 0) is 42.2 Å². The summed E-state index contributed by atoms with van der Waals surface area (Å²) in [5.74, 6) is 0.883. The fourth-order valence-corrected chi connectivity index (χ4v) is 4.69. The van der Waals surface area contributed by atoms with Gasteiger partial charge in [0.25, 0.3) is 5.91 Å². The molecule has 0 aliphatic heterocycles. The summed E-state index contributed by atoms with van der Waals surface area (Å²) in [6.07, 6.45) is 3.95. The second-order valence-corrected chi connectivity index (χ2v) is 8.77. The highest BCUT2D eigenvalue weighted by Gasteiger charge is 2.25. The van der Waals surface area contributed by atoms with Gasteiger partial charge in [0.2, 0.25) is 0 Å². The standard InChI is InChI=1S/C26H25ClN2O3S/c1-31-24-10-6-8-18(25(24)32-2)21(20-14-28-23-9-5-4-7-17(20)23)15-29-26(30)19-13-16(33-3)11-12-22(19)27/h4-14,21,28H,15H2,1-3H3,(H,29,30).